The highest BCUT2D eigenvalue weighted by Gasteiger charge is 2.13. The summed E-state index contributed by atoms with van der Waals surface area (Å²) in [6.07, 6.45) is -0.0392. The summed E-state index contributed by atoms with van der Waals surface area (Å²) in [5, 5.41) is 0. The summed E-state index contributed by atoms with van der Waals surface area (Å²) >= 11 is 0. The van der Waals surface area contributed by atoms with Crippen molar-refractivity contribution in [3.63, 3.8) is 0 Å². The first kappa shape index (κ1) is 10.8. The smallest absolute Gasteiger partial charge is 0.338 e. The summed E-state index contributed by atoms with van der Waals surface area (Å²) in [6, 6.07) is 9.06. The molecule has 14 heavy (non-hydrogen) atoms. The standard InChI is InChI=1S/C12H16O2/c1-9(2)10(3)14-12(13)11-7-5-4-6-8-11/h4-10H,1-3H3/t10-/m0/s1. The second-order valence-electron chi connectivity index (χ2n) is 3.72. The molecule has 0 amide bonds. The molecule has 0 aliphatic carbocycles. The van der Waals surface area contributed by atoms with Crippen LogP contribution in [0.25, 0.3) is 0 Å². The lowest BCUT2D eigenvalue weighted by atomic mass is 10.1. The van der Waals surface area contributed by atoms with Crippen LogP contribution >= 0.6 is 0 Å². The number of hydrogen-bond donors (Lipinski definition) is 0. The van der Waals surface area contributed by atoms with Crippen LogP contribution in [0.1, 0.15) is 31.1 Å². The van der Waals surface area contributed by atoms with Crippen molar-refractivity contribution in [3.8, 4) is 0 Å². The van der Waals surface area contributed by atoms with Crippen molar-refractivity contribution in [3.05, 3.63) is 35.9 Å². The monoisotopic (exact) mass is 192 g/mol. The topological polar surface area (TPSA) is 26.3 Å². The van der Waals surface area contributed by atoms with E-state index < -0.39 is 0 Å². The zero-order valence-electron chi connectivity index (χ0n) is 8.86. The third-order valence-electron chi connectivity index (χ3n) is 2.24. The zero-order valence-corrected chi connectivity index (χ0v) is 8.86. The maximum absolute atomic E-state index is 11.5. The molecule has 2 heteroatoms. The number of rotatable bonds is 3. The molecular formula is C12H16O2. The lowest BCUT2D eigenvalue weighted by molar-refractivity contribution is 0.0238. The minimum atomic E-state index is -0.244. The van der Waals surface area contributed by atoms with Crippen molar-refractivity contribution >= 4 is 5.97 Å². The molecule has 0 unspecified atom stereocenters. The van der Waals surface area contributed by atoms with Crippen LogP contribution in [0, 0.1) is 5.92 Å². The van der Waals surface area contributed by atoms with Crippen LogP contribution in [0.3, 0.4) is 0 Å². The van der Waals surface area contributed by atoms with Crippen LogP contribution in [0.5, 0.6) is 0 Å². The molecule has 0 N–H and O–H groups in total. The fourth-order valence-electron chi connectivity index (χ4n) is 0.947. The van der Waals surface area contributed by atoms with Gasteiger partial charge in [0.1, 0.15) is 6.10 Å². The molecule has 2 nitrogen and oxygen atoms in total. The first-order chi connectivity index (χ1) is 6.61. The molecule has 0 saturated carbocycles. The number of esters is 1. The Kier molecular flexibility index (Phi) is 3.69. The highest BCUT2D eigenvalue weighted by atomic mass is 16.5. The van der Waals surface area contributed by atoms with Crippen LogP contribution in [0.4, 0.5) is 0 Å². The number of hydrogen-bond acceptors (Lipinski definition) is 2. The molecular weight excluding hydrogens is 176 g/mol. The average Bonchev–Trinajstić information content (AvgIpc) is 2.19. The van der Waals surface area contributed by atoms with Gasteiger partial charge in [0.15, 0.2) is 0 Å². The largest absolute Gasteiger partial charge is 0.459 e. The molecule has 0 bridgehead atoms. The van der Waals surface area contributed by atoms with Gasteiger partial charge in [-0.3, -0.25) is 0 Å². The Balaban J connectivity index is 2.60. The third-order valence-corrected chi connectivity index (χ3v) is 2.24. The lowest BCUT2D eigenvalue weighted by Crippen LogP contribution is -2.20. The van der Waals surface area contributed by atoms with Gasteiger partial charge in [-0.1, -0.05) is 32.0 Å². The molecule has 0 saturated heterocycles. The minimum absolute atomic E-state index is 0.0392. The van der Waals surface area contributed by atoms with Gasteiger partial charge in [-0.15, -0.1) is 0 Å². The van der Waals surface area contributed by atoms with Crippen molar-refractivity contribution in [2.45, 2.75) is 26.9 Å². The second kappa shape index (κ2) is 4.80. The van der Waals surface area contributed by atoms with Crippen molar-refractivity contribution in [1.29, 1.82) is 0 Å². The van der Waals surface area contributed by atoms with E-state index in [1.807, 2.05) is 39.0 Å². The molecule has 0 fully saturated rings. The maximum Gasteiger partial charge on any atom is 0.338 e. The molecule has 76 valence electrons. The van der Waals surface area contributed by atoms with Gasteiger partial charge in [0.25, 0.3) is 0 Å². The van der Waals surface area contributed by atoms with Crippen molar-refractivity contribution in [2.75, 3.05) is 0 Å². The van der Waals surface area contributed by atoms with Crippen LogP contribution in [0.15, 0.2) is 30.3 Å². The normalized spacial score (nSPS) is 12.6. The molecule has 1 aromatic carbocycles. The van der Waals surface area contributed by atoms with Crippen LogP contribution in [-0.4, -0.2) is 12.1 Å². The Morgan fingerprint density at radius 3 is 2.21 bits per heavy atom. The molecule has 0 aromatic heterocycles. The zero-order chi connectivity index (χ0) is 10.6. The fraction of sp³-hybridized carbons (Fsp3) is 0.417. The summed E-state index contributed by atoms with van der Waals surface area (Å²) in [4.78, 5) is 11.5. The van der Waals surface area contributed by atoms with E-state index in [1.54, 1.807) is 12.1 Å². The van der Waals surface area contributed by atoms with E-state index in [9.17, 15) is 4.79 Å². The van der Waals surface area contributed by atoms with E-state index in [4.69, 9.17) is 4.74 Å². The van der Waals surface area contributed by atoms with E-state index in [-0.39, 0.29) is 12.1 Å². The molecule has 1 atom stereocenters. The van der Waals surface area contributed by atoms with Crippen molar-refractivity contribution in [1.82, 2.24) is 0 Å². The first-order valence-corrected chi connectivity index (χ1v) is 4.87. The van der Waals surface area contributed by atoms with Crippen LogP contribution < -0.4 is 0 Å². The average molecular weight is 192 g/mol. The maximum atomic E-state index is 11.5. The van der Waals surface area contributed by atoms with E-state index >= 15 is 0 Å². The Morgan fingerprint density at radius 2 is 1.71 bits per heavy atom. The van der Waals surface area contributed by atoms with Crippen molar-refractivity contribution in [2.24, 2.45) is 5.92 Å². The summed E-state index contributed by atoms with van der Waals surface area (Å²) < 4.78 is 5.26. The third kappa shape index (κ3) is 2.87. The van der Waals surface area contributed by atoms with Gasteiger partial charge in [-0.2, -0.15) is 0 Å². The van der Waals surface area contributed by atoms with E-state index in [0.29, 0.717) is 11.5 Å². The molecule has 0 spiro atoms. The minimum Gasteiger partial charge on any atom is -0.459 e. The van der Waals surface area contributed by atoms with Crippen LogP contribution in [0.2, 0.25) is 0 Å². The highest BCUT2D eigenvalue weighted by molar-refractivity contribution is 5.89. The van der Waals surface area contributed by atoms with Gasteiger partial charge in [0.2, 0.25) is 0 Å². The van der Waals surface area contributed by atoms with Gasteiger partial charge in [0.05, 0.1) is 5.56 Å². The van der Waals surface area contributed by atoms with E-state index in [2.05, 4.69) is 0 Å². The Bertz CT molecular complexity index is 290. The molecule has 0 radical (unpaired) electrons. The van der Waals surface area contributed by atoms with E-state index in [0.717, 1.165) is 0 Å². The predicted molar refractivity (Wildman–Crippen MR) is 56.2 cm³/mol. The summed E-state index contributed by atoms with van der Waals surface area (Å²) in [6.45, 7) is 5.97. The van der Waals surface area contributed by atoms with E-state index in [1.165, 1.54) is 0 Å². The summed E-state index contributed by atoms with van der Waals surface area (Å²) in [5.41, 5.74) is 0.611. The molecule has 0 aliphatic heterocycles. The Morgan fingerprint density at radius 1 is 1.14 bits per heavy atom. The van der Waals surface area contributed by atoms with Gasteiger partial charge < -0.3 is 4.74 Å². The molecule has 1 rings (SSSR count). The number of ether oxygens (including phenoxy) is 1. The quantitative estimate of drug-likeness (QED) is 0.688. The Labute approximate surface area is 84.9 Å². The summed E-state index contributed by atoms with van der Waals surface area (Å²) in [7, 11) is 0. The van der Waals surface area contributed by atoms with Gasteiger partial charge in [-0.25, -0.2) is 4.79 Å². The fourth-order valence-corrected chi connectivity index (χ4v) is 0.947. The molecule has 0 heterocycles. The first-order valence-electron chi connectivity index (χ1n) is 4.87. The SMILES string of the molecule is CC(C)[C@H](C)OC(=O)c1ccccc1. The lowest BCUT2D eigenvalue weighted by Gasteiger charge is -2.16. The Hall–Kier alpha value is -1.31. The summed E-state index contributed by atoms with van der Waals surface area (Å²) in [5.74, 6) is 0.106. The molecule has 1 aromatic rings. The number of benzene rings is 1. The second-order valence-corrected chi connectivity index (χ2v) is 3.72. The predicted octanol–water partition coefficient (Wildman–Crippen LogP) is 2.89. The van der Waals surface area contributed by atoms with Gasteiger partial charge in [0, 0.05) is 0 Å². The number of carbonyl (C=O) groups excluding carboxylic acids is 1. The molecule has 0 aliphatic rings. The van der Waals surface area contributed by atoms with Gasteiger partial charge in [-0.05, 0) is 25.0 Å². The number of carbonyl (C=O) groups is 1. The van der Waals surface area contributed by atoms with Crippen molar-refractivity contribution < 1.29 is 9.53 Å². The van der Waals surface area contributed by atoms with Gasteiger partial charge >= 0.3 is 5.97 Å². The van der Waals surface area contributed by atoms with Crippen LogP contribution in [-0.2, 0) is 4.74 Å². The highest BCUT2D eigenvalue weighted by Crippen LogP contribution is 2.09.